The van der Waals surface area contributed by atoms with Gasteiger partial charge in [-0.15, -0.1) is 0 Å². The van der Waals surface area contributed by atoms with Crippen molar-refractivity contribution in [3.8, 4) is 5.69 Å². The van der Waals surface area contributed by atoms with Crippen molar-refractivity contribution in [3.05, 3.63) is 72.6 Å². The Hall–Kier alpha value is -2.62. The van der Waals surface area contributed by atoms with Crippen LogP contribution in [0.1, 0.15) is 11.3 Å². The second-order valence-corrected chi connectivity index (χ2v) is 4.68. The summed E-state index contributed by atoms with van der Waals surface area (Å²) in [6, 6.07) is 12.5. The third kappa shape index (κ3) is 2.85. The van der Waals surface area contributed by atoms with E-state index >= 15 is 0 Å². The predicted molar refractivity (Wildman–Crippen MR) is 79.9 cm³/mol. The second-order valence-electron chi connectivity index (χ2n) is 4.68. The highest BCUT2D eigenvalue weighted by Gasteiger charge is 1.97. The highest BCUT2D eigenvalue weighted by molar-refractivity contribution is 5.42. The summed E-state index contributed by atoms with van der Waals surface area (Å²) in [6.45, 7) is 2.77. The van der Waals surface area contributed by atoms with Gasteiger partial charge in [-0.2, -0.15) is 0 Å². The molecule has 100 valence electrons. The molecule has 0 saturated heterocycles. The lowest BCUT2D eigenvalue weighted by molar-refractivity contribution is 1.05. The van der Waals surface area contributed by atoms with Crippen molar-refractivity contribution in [2.75, 3.05) is 5.32 Å². The topological polar surface area (TPSA) is 42.7 Å². The Morgan fingerprint density at radius 1 is 1.10 bits per heavy atom. The molecule has 0 aliphatic rings. The molecule has 3 aromatic rings. The van der Waals surface area contributed by atoms with E-state index in [4.69, 9.17) is 0 Å². The minimum absolute atomic E-state index is 0.787. The van der Waals surface area contributed by atoms with E-state index in [1.807, 2.05) is 36.0 Å². The number of nitrogens with zero attached hydrogens (tertiary/aromatic N) is 3. The van der Waals surface area contributed by atoms with Gasteiger partial charge in [0.25, 0.3) is 0 Å². The molecule has 2 heterocycles. The summed E-state index contributed by atoms with van der Waals surface area (Å²) < 4.78 is 1.99. The number of hydrogen-bond acceptors (Lipinski definition) is 3. The molecule has 1 aromatic carbocycles. The maximum atomic E-state index is 4.27. The number of imidazole rings is 1. The molecule has 20 heavy (non-hydrogen) atoms. The first-order valence-electron chi connectivity index (χ1n) is 6.55. The molecule has 0 aliphatic carbocycles. The smallest absolute Gasteiger partial charge is 0.0991 e. The van der Waals surface area contributed by atoms with Gasteiger partial charge in [-0.1, -0.05) is 12.1 Å². The molecule has 2 aromatic heterocycles. The number of aryl methyl sites for hydroxylation is 1. The van der Waals surface area contributed by atoms with Crippen LogP contribution in [0.5, 0.6) is 0 Å². The average Bonchev–Trinajstić information content (AvgIpc) is 3.01. The van der Waals surface area contributed by atoms with E-state index in [1.54, 1.807) is 12.5 Å². The van der Waals surface area contributed by atoms with Gasteiger partial charge in [0.05, 0.1) is 18.2 Å². The normalized spacial score (nSPS) is 10.4. The molecule has 0 atom stereocenters. The molecule has 0 radical (unpaired) electrons. The van der Waals surface area contributed by atoms with Gasteiger partial charge in [0.1, 0.15) is 0 Å². The number of rotatable bonds is 4. The van der Waals surface area contributed by atoms with Crippen LogP contribution in [0, 0.1) is 6.92 Å². The minimum Gasteiger partial charge on any atom is -0.380 e. The van der Waals surface area contributed by atoms with Crippen molar-refractivity contribution in [2.24, 2.45) is 0 Å². The van der Waals surface area contributed by atoms with E-state index in [0.29, 0.717) is 0 Å². The van der Waals surface area contributed by atoms with Crippen molar-refractivity contribution < 1.29 is 0 Å². The summed E-state index contributed by atoms with van der Waals surface area (Å²) in [5.74, 6) is 0. The third-order valence-electron chi connectivity index (χ3n) is 3.15. The Morgan fingerprint density at radius 2 is 1.95 bits per heavy atom. The monoisotopic (exact) mass is 264 g/mol. The summed E-state index contributed by atoms with van der Waals surface area (Å²) >= 11 is 0. The average molecular weight is 264 g/mol. The van der Waals surface area contributed by atoms with E-state index in [1.165, 1.54) is 5.56 Å². The van der Waals surface area contributed by atoms with Crippen molar-refractivity contribution in [2.45, 2.75) is 13.5 Å². The van der Waals surface area contributed by atoms with Gasteiger partial charge >= 0.3 is 0 Å². The molecule has 0 aliphatic heterocycles. The summed E-state index contributed by atoms with van der Waals surface area (Å²) in [7, 11) is 0. The number of hydrogen-bond donors (Lipinski definition) is 1. The summed E-state index contributed by atoms with van der Waals surface area (Å²) in [5.41, 5.74) is 4.41. The SMILES string of the molecule is Cc1ccc(NCc2ccc(-n3ccnc3)cc2)cn1. The fraction of sp³-hybridized carbons (Fsp3) is 0.125. The van der Waals surface area contributed by atoms with Crippen LogP contribution in [0.25, 0.3) is 5.69 Å². The Labute approximate surface area is 118 Å². The first-order chi connectivity index (χ1) is 9.81. The number of pyridine rings is 1. The van der Waals surface area contributed by atoms with Crippen LogP contribution in [0.3, 0.4) is 0 Å². The highest BCUT2D eigenvalue weighted by atomic mass is 15.0. The van der Waals surface area contributed by atoms with Crippen LogP contribution in [0.15, 0.2) is 61.3 Å². The number of nitrogens with one attached hydrogen (secondary N) is 1. The van der Waals surface area contributed by atoms with Crippen LogP contribution in [-0.2, 0) is 6.54 Å². The number of aromatic nitrogens is 3. The Bertz CT molecular complexity index is 655. The predicted octanol–water partition coefficient (Wildman–Crippen LogP) is 3.19. The highest BCUT2D eigenvalue weighted by Crippen LogP contribution is 2.12. The lowest BCUT2D eigenvalue weighted by Crippen LogP contribution is -2.00. The maximum absolute atomic E-state index is 4.27. The lowest BCUT2D eigenvalue weighted by atomic mass is 10.2. The van der Waals surface area contributed by atoms with Gasteiger partial charge in [0.15, 0.2) is 0 Å². The molecule has 0 saturated carbocycles. The quantitative estimate of drug-likeness (QED) is 0.787. The molecular weight excluding hydrogens is 248 g/mol. The van der Waals surface area contributed by atoms with E-state index in [0.717, 1.165) is 23.6 Å². The van der Waals surface area contributed by atoms with Crippen molar-refractivity contribution in [1.29, 1.82) is 0 Å². The van der Waals surface area contributed by atoms with Gasteiger partial charge in [0.2, 0.25) is 0 Å². The molecule has 0 bridgehead atoms. The first-order valence-corrected chi connectivity index (χ1v) is 6.55. The second kappa shape index (κ2) is 5.57. The van der Waals surface area contributed by atoms with E-state index in [-0.39, 0.29) is 0 Å². The van der Waals surface area contributed by atoms with Crippen LogP contribution in [-0.4, -0.2) is 14.5 Å². The van der Waals surface area contributed by atoms with E-state index < -0.39 is 0 Å². The van der Waals surface area contributed by atoms with Gasteiger partial charge in [-0.3, -0.25) is 4.98 Å². The largest absolute Gasteiger partial charge is 0.380 e. The summed E-state index contributed by atoms with van der Waals surface area (Å²) in [6.07, 6.45) is 7.37. The van der Waals surface area contributed by atoms with Crippen LogP contribution in [0.2, 0.25) is 0 Å². The molecule has 0 fully saturated rings. The zero-order valence-electron chi connectivity index (χ0n) is 11.3. The van der Waals surface area contributed by atoms with E-state index in [2.05, 4.69) is 39.6 Å². The Kier molecular flexibility index (Phi) is 3.46. The minimum atomic E-state index is 0.787. The number of anilines is 1. The van der Waals surface area contributed by atoms with Crippen molar-refractivity contribution in [3.63, 3.8) is 0 Å². The van der Waals surface area contributed by atoms with Crippen LogP contribution in [0.4, 0.5) is 5.69 Å². The van der Waals surface area contributed by atoms with Gasteiger partial charge in [-0.05, 0) is 36.8 Å². The lowest BCUT2D eigenvalue weighted by Gasteiger charge is -2.08. The van der Waals surface area contributed by atoms with Gasteiger partial charge in [0, 0.05) is 30.3 Å². The number of benzene rings is 1. The zero-order valence-corrected chi connectivity index (χ0v) is 11.3. The molecule has 0 spiro atoms. The fourth-order valence-electron chi connectivity index (χ4n) is 1.97. The fourth-order valence-corrected chi connectivity index (χ4v) is 1.97. The Morgan fingerprint density at radius 3 is 2.60 bits per heavy atom. The summed E-state index contributed by atoms with van der Waals surface area (Å²) in [4.78, 5) is 8.31. The zero-order chi connectivity index (χ0) is 13.8. The van der Waals surface area contributed by atoms with Crippen LogP contribution < -0.4 is 5.32 Å². The van der Waals surface area contributed by atoms with E-state index in [9.17, 15) is 0 Å². The standard InChI is InChI=1S/C16H16N4/c1-13-2-5-15(11-18-13)19-10-14-3-6-16(7-4-14)20-9-8-17-12-20/h2-9,11-12,19H,10H2,1H3. The van der Waals surface area contributed by atoms with Gasteiger partial charge in [-0.25, -0.2) is 4.98 Å². The Balaban J connectivity index is 1.65. The molecule has 0 amide bonds. The third-order valence-corrected chi connectivity index (χ3v) is 3.15. The van der Waals surface area contributed by atoms with Gasteiger partial charge < -0.3 is 9.88 Å². The molecule has 3 rings (SSSR count). The van der Waals surface area contributed by atoms with Crippen molar-refractivity contribution in [1.82, 2.24) is 14.5 Å². The molecule has 0 unspecified atom stereocenters. The first kappa shape index (κ1) is 12.4. The molecule has 4 nitrogen and oxygen atoms in total. The molecule has 4 heteroatoms. The van der Waals surface area contributed by atoms with Crippen molar-refractivity contribution >= 4 is 5.69 Å². The molecule has 1 N–H and O–H groups in total. The summed E-state index contributed by atoms with van der Waals surface area (Å²) in [5, 5.41) is 3.36. The molecular formula is C16H16N4. The maximum Gasteiger partial charge on any atom is 0.0991 e. The van der Waals surface area contributed by atoms with Crippen LogP contribution >= 0.6 is 0 Å².